The van der Waals surface area contributed by atoms with Crippen LogP contribution in [0, 0.1) is 10.1 Å². The lowest BCUT2D eigenvalue weighted by Gasteiger charge is -2.16. The molecular formula is C14H14N6O3. The number of benzene rings is 1. The van der Waals surface area contributed by atoms with Crippen LogP contribution in [0.1, 0.15) is 18.8 Å². The number of nitro benzene ring substituents is 1. The smallest absolute Gasteiger partial charge is 0.270 e. The maximum atomic E-state index is 12.1. The molecule has 118 valence electrons. The third kappa shape index (κ3) is 2.63. The van der Waals surface area contributed by atoms with Crippen LogP contribution in [0.2, 0.25) is 0 Å². The summed E-state index contributed by atoms with van der Waals surface area (Å²) in [4.78, 5) is 26.7. The Morgan fingerprint density at radius 3 is 2.83 bits per heavy atom. The first-order valence-corrected chi connectivity index (χ1v) is 6.87. The number of hydrogen-bond donors (Lipinski definition) is 2. The monoisotopic (exact) mass is 314 g/mol. The molecule has 3 aromatic rings. The maximum Gasteiger partial charge on any atom is 0.270 e. The molecule has 9 heteroatoms. The number of aromatic nitrogens is 4. The number of nitrogens with zero attached hydrogens (tertiary/aromatic N) is 4. The topological polar surface area (TPSA) is 119 Å². The van der Waals surface area contributed by atoms with Gasteiger partial charge in [-0.25, -0.2) is 4.98 Å². The summed E-state index contributed by atoms with van der Waals surface area (Å²) in [6.07, 6.45) is 1.39. The lowest BCUT2D eigenvalue weighted by atomic mass is 10.1. The van der Waals surface area contributed by atoms with Crippen LogP contribution < -0.4 is 10.9 Å². The number of rotatable bonds is 4. The molecule has 0 saturated heterocycles. The van der Waals surface area contributed by atoms with Crippen molar-refractivity contribution in [2.45, 2.75) is 13.0 Å². The van der Waals surface area contributed by atoms with E-state index in [1.165, 1.54) is 29.1 Å². The van der Waals surface area contributed by atoms with E-state index >= 15 is 0 Å². The molecule has 0 aliphatic carbocycles. The number of aryl methyl sites for hydroxylation is 1. The van der Waals surface area contributed by atoms with Gasteiger partial charge in [-0.15, -0.1) is 0 Å². The third-order valence-electron chi connectivity index (χ3n) is 3.66. The van der Waals surface area contributed by atoms with Crippen LogP contribution in [-0.2, 0) is 7.05 Å². The zero-order valence-electron chi connectivity index (χ0n) is 12.5. The molecule has 1 aromatic carbocycles. The number of H-pyrrole nitrogens is 1. The highest BCUT2D eigenvalue weighted by molar-refractivity contribution is 5.93. The summed E-state index contributed by atoms with van der Waals surface area (Å²) in [6.45, 7) is 1.85. The van der Waals surface area contributed by atoms with Crippen LogP contribution in [0.4, 0.5) is 11.4 Å². The van der Waals surface area contributed by atoms with Gasteiger partial charge in [-0.1, -0.05) is 0 Å². The van der Waals surface area contributed by atoms with Gasteiger partial charge in [-0.3, -0.25) is 20.0 Å². The molecule has 2 N–H and O–H groups in total. The van der Waals surface area contributed by atoms with E-state index in [0.717, 1.165) is 0 Å². The molecule has 2 aromatic heterocycles. The average molecular weight is 314 g/mol. The van der Waals surface area contributed by atoms with E-state index < -0.39 is 4.92 Å². The standard InChI is InChI=1S/C14H14N6O3/c1-8(14-15-7-16-18-14)17-11-6-13(21)19(2)12-4-3-9(20(22)23)5-10(11)12/h3-8,17H,1-2H3,(H,15,16,18). The van der Waals surface area contributed by atoms with E-state index in [9.17, 15) is 14.9 Å². The van der Waals surface area contributed by atoms with Crippen LogP contribution in [-0.4, -0.2) is 24.7 Å². The molecule has 0 amide bonds. The summed E-state index contributed by atoms with van der Waals surface area (Å²) in [7, 11) is 1.63. The minimum Gasteiger partial charge on any atom is -0.375 e. The van der Waals surface area contributed by atoms with E-state index in [0.29, 0.717) is 22.4 Å². The molecule has 1 unspecified atom stereocenters. The highest BCUT2D eigenvalue weighted by atomic mass is 16.6. The lowest BCUT2D eigenvalue weighted by molar-refractivity contribution is -0.384. The first-order valence-electron chi connectivity index (χ1n) is 6.87. The van der Waals surface area contributed by atoms with Gasteiger partial charge in [0, 0.05) is 36.3 Å². The number of non-ortho nitro benzene ring substituents is 1. The maximum absolute atomic E-state index is 12.1. The molecule has 0 radical (unpaired) electrons. The molecule has 0 spiro atoms. The van der Waals surface area contributed by atoms with Crippen LogP contribution in [0.15, 0.2) is 35.4 Å². The van der Waals surface area contributed by atoms with Crippen molar-refractivity contribution in [2.24, 2.45) is 7.05 Å². The van der Waals surface area contributed by atoms with Gasteiger partial charge in [-0.2, -0.15) is 5.10 Å². The highest BCUT2D eigenvalue weighted by Crippen LogP contribution is 2.28. The molecule has 23 heavy (non-hydrogen) atoms. The summed E-state index contributed by atoms with van der Waals surface area (Å²) in [6, 6.07) is 5.57. The molecule has 1 atom stereocenters. The van der Waals surface area contributed by atoms with Crippen LogP contribution in [0.25, 0.3) is 10.9 Å². The molecule has 2 heterocycles. The molecule has 0 bridgehead atoms. The Bertz CT molecular complexity index is 932. The zero-order valence-corrected chi connectivity index (χ0v) is 12.5. The van der Waals surface area contributed by atoms with Gasteiger partial charge in [0.05, 0.1) is 16.5 Å². The Kier molecular flexibility index (Phi) is 3.53. The van der Waals surface area contributed by atoms with Gasteiger partial charge < -0.3 is 9.88 Å². The fourth-order valence-electron chi connectivity index (χ4n) is 2.41. The van der Waals surface area contributed by atoms with Gasteiger partial charge in [0.2, 0.25) is 0 Å². The van der Waals surface area contributed by atoms with Crippen LogP contribution in [0.3, 0.4) is 0 Å². The Morgan fingerprint density at radius 2 is 2.17 bits per heavy atom. The number of hydrogen-bond acceptors (Lipinski definition) is 6. The predicted molar refractivity (Wildman–Crippen MR) is 84.3 cm³/mol. The van der Waals surface area contributed by atoms with Crippen molar-refractivity contribution in [2.75, 3.05) is 5.32 Å². The molecular weight excluding hydrogens is 300 g/mol. The number of nitrogens with one attached hydrogen (secondary N) is 2. The first kappa shape index (κ1) is 14.7. The Morgan fingerprint density at radius 1 is 1.39 bits per heavy atom. The Hall–Kier alpha value is -3.23. The van der Waals surface area contributed by atoms with Gasteiger partial charge in [0.25, 0.3) is 11.2 Å². The molecule has 3 rings (SSSR count). The van der Waals surface area contributed by atoms with Crippen molar-refractivity contribution in [3.8, 4) is 0 Å². The van der Waals surface area contributed by atoms with Gasteiger partial charge in [0.15, 0.2) is 0 Å². The largest absolute Gasteiger partial charge is 0.375 e. The molecule has 9 nitrogen and oxygen atoms in total. The van der Waals surface area contributed by atoms with Crippen molar-refractivity contribution < 1.29 is 4.92 Å². The van der Waals surface area contributed by atoms with Gasteiger partial charge >= 0.3 is 0 Å². The van der Waals surface area contributed by atoms with E-state index in [1.54, 1.807) is 13.1 Å². The number of aromatic amines is 1. The van der Waals surface area contributed by atoms with Crippen molar-refractivity contribution in [3.63, 3.8) is 0 Å². The summed E-state index contributed by atoms with van der Waals surface area (Å²) >= 11 is 0. The van der Waals surface area contributed by atoms with Crippen LogP contribution >= 0.6 is 0 Å². The molecule has 0 fully saturated rings. The Labute approximate surface area is 130 Å². The number of fused-ring (bicyclic) bond motifs is 1. The summed E-state index contributed by atoms with van der Waals surface area (Å²) < 4.78 is 1.45. The average Bonchev–Trinajstić information content (AvgIpc) is 3.06. The summed E-state index contributed by atoms with van der Waals surface area (Å²) in [5.74, 6) is 0.601. The minimum atomic E-state index is -0.464. The van der Waals surface area contributed by atoms with E-state index in [1.807, 2.05) is 6.92 Å². The van der Waals surface area contributed by atoms with Crippen LogP contribution in [0.5, 0.6) is 0 Å². The minimum absolute atomic E-state index is 0.0356. The van der Waals surface area contributed by atoms with Crippen molar-refractivity contribution >= 4 is 22.3 Å². The van der Waals surface area contributed by atoms with E-state index in [2.05, 4.69) is 20.5 Å². The third-order valence-corrected chi connectivity index (χ3v) is 3.66. The molecule has 0 aliphatic rings. The fourth-order valence-corrected chi connectivity index (χ4v) is 2.41. The number of nitro groups is 1. The van der Waals surface area contributed by atoms with Crippen molar-refractivity contribution in [1.82, 2.24) is 19.7 Å². The SMILES string of the molecule is CC(Nc1cc(=O)n(C)c2ccc([N+](=O)[O-])cc12)c1ncn[nH]1. The lowest BCUT2D eigenvalue weighted by Crippen LogP contribution is -2.18. The number of anilines is 1. The van der Waals surface area contributed by atoms with Gasteiger partial charge in [0.1, 0.15) is 12.2 Å². The van der Waals surface area contributed by atoms with Gasteiger partial charge in [-0.05, 0) is 13.0 Å². The normalized spacial score (nSPS) is 12.3. The molecule has 0 aliphatic heterocycles. The van der Waals surface area contributed by atoms with Crippen molar-refractivity contribution in [3.05, 3.63) is 56.9 Å². The fraction of sp³-hybridized carbons (Fsp3) is 0.214. The Balaban J connectivity index is 2.14. The van der Waals surface area contributed by atoms with Crippen molar-refractivity contribution in [1.29, 1.82) is 0 Å². The second-order valence-corrected chi connectivity index (χ2v) is 5.15. The predicted octanol–water partition coefficient (Wildman–Crippen LogP) is 1.74. The second-order valence-electron chi connectivity index (χ2n) is 5.15. The second kappa shape index (κ2) is 5.52. The number of pyridine rings is 1. The quantitative estimate of drug-likeness (QED) is 0.559. The summed E-state index contributed by atoms with van der Waals surface area (Å²) in [5, 5.41) is 21.3. The van der Waals surface area contributed by atoms with E-state index in [4.69, 9.17) is 0 Å². The van der Waals surface area contributed by atoms with E-state index in [-0.39, 0.29) is 17.3 Å². The zero-order chi connectivity index (χ0) is 16.6. The highest BCUT2D eigenvalue weighted by Gasteiger charge is 2.15. The summed E-state index contributed by atoms with van der Waals surface area (Å²) in [5.41, 5.74) is 0.871. The first-order chi connectivity index (χ1) is 11.0. The molecule has 0 saturated carbocycles.